The van der Waals surface area contributed by atoms with Gasteiger partial charge in [0.2, 0.25) is 5.91 Å². The SMILES string of the molecule is C=CCC(=O)NCCc1ccc(O)c(O)c1. The average molecular weight is 221 g/mol. The van der Waals surface area contributed by atoms with Crippen LogP contribution in [0, 0.1) is 0 Å². The molecule has 1 aromatic rings. The molecule has 0 aliphatic rings. The first kappa shape index (κ1) is 12.1. The van der Waals surface area contributed by atoms with Crippen LogP contribution in [0.3, 0.4) is 0 Å². The molecule has 0 aromatic heterocycles. The van der Waals surface area contributed by atoms with Crippen LogP contribution in [-0.2, 0) is 11.2 Å². The van der Waals surface area contributed by atoms with Crippen molar-refractivity contribution in [1.82, 2.24) is 5.32 Å². The van der Waals surface area contributed by atoms with Gasteiger partial charge >= 0.3 is 0 Å². The van der Waals surface area contributed by atoms with Crippen molar-refractivity contribution in [2.45, 2.75) is 12.8 Å². The van der Waals surface area contributed by atoms with Crippen LogP contribution in [0.5, 0.6) is 11.5 Å². The van der Waals surface area contributed by atoms with E-state index in [9.17, 15) is 9.90 Å². The number of benzene rings is 1. The van der Waals surface area contributed by atoms with Crippen molar-refractivity contribution in [3.05, 3.63) is 36.4 Å². The van der Waals surface area contributed by atoms with Gasteiger partial charge in [0.25, 0.3) is 0 Å². The van der Waals surface area contributed by atoms with Crippen LogP contribution in [0.2, 0.25) is 0 Å². The predicted octanol–water partition coefficient (Wildman–Crippen LogP) is 1.33. The molecule has 86 valence electrons. The highest BCUT2D eigenvalue weighted by Crippen LogP contribution is 2.24. The lowest BCUT2D eigenvalue weighted by atomic mass is 10.1. The quantitative estimate of drug-likeness (QED) is 0.519. The summed E-state index contributed by atoms with van der Waals surface area (Å²) >= 11 is 0. The summed E-state index contributed by atoms with van der Waals surface area (Å²) in [7, 11) is 0. The Bertz CT molecular complexity index is 388. The van der Waals surface area contributed by atoms with Crippen LogP contribution in [-0.4, -0.2) is 22.7 Å². The summed E-state index contributed by atoms with van der Waals surface area (Å²) < 4.78 is 0. The van der Waals surface area contributed by atoms with Gasteiger partial charge in [-0.05, 0) is 24.1 Å². The van der Waals surface area contributed by atoms with Crippen molar-refractivity contribution in [2.24, 2.45) is 0 Å². The van der Waals surface area contributed by atoms with E-state index in [4.69, 9.17) is 5.11 Å². The van der Waals surface area contributed by atoms with Crippen LogP contribution < -0.4 is 5.32 Å². The van der Waals surface area contributed by atoms with E-state index >= 15 is 0 Å². The van der Waals surface area contributed by atoms with Crippen molar-refractivity contribution in [3.8, 4) is 11.5 Å². The van der Waals surface area contributed by atoms with Crippen LogP contribution in [0.1, 0.15) is 12.0 Å². The van der Waals surface area contributed by atoms with Gasteiger partial charge in [-0.1, -0.05) is 12.1 Å². The monoisotopic (exact) mass is 221 g/mol. The molecule has 0 saturated carbocycles. The van der Waals surface area contributed by atoms with Gasteiger partial charge in [0.05, 0.1) is 0 Å². The third-order valence-electron chi connectivity index (χ3n) is 2.11. The smallest absolute Gasteiger partial charge is 0.223 e. The Morgan fingerprint density at radius 2 is 2.12 bits per heavy atom. The van der Waals surface area contributed by atoms with Crippen LogP contribution in [0.25, 0.3) is 0 Å². The van der Waals surface area contributed by atoms with Crippen molar-refractivity contribution in [3.63, 3.8) is 0 Å². The Balaban J connectivity index is 2.40. The van der Waals surface area contributed by atoms with Crippen molar-refractivity contribution in [2.75, 3.05) is 6.54 Å². The molecule has 0 fully saturated rings. The lowest BCUT2D eigenvalue weighted by Crippen LogP contribution is -2.24. The molecule has 1 aromatic carbocycles. The molecular formula is C12H15NO3. The first-order valence-corrected chi connectivity index (χ1v) is 5.02. The minimum Gasteiger partial charge on any atom is -0.504 e. The van der Waals surface area contributed by atoms with Gasteiger partial charge in [0.15, 0.2) is 11.5 Å². The second-order valence-corrected chi connectivity index (χ2v) is 3.42. The number of hydrogen-bond donors (Lipinski definition) is 3. The number of amides is 1. The number of phenolic OH excluding ortho intramolecular Hbond substituents is 2. The Morgan fingerprint density at radius 3 is 2.75 bits per heavy atom. The van der Waals surface area contributed by atoms with E-state index in [-0.39, 0.29) is 17.4 Å². The van der Waals surface area contributed by atoms with E-state index in [1.807, 2.05) is 0 Å². The van der Waals surface area contributed by atoms with Crippen LogP contribution >= 0.6 is 0 Å². The molecular weight excluding hydrogens is 206 g/mol. The normalized spacial score (nSPS) is 9.75. The minimum atomic E-state index is -0.144. The second kappa shape index (κ2) is 5.80. The maximum Gasteiger partial charge on any atom is 0.223 e. The maximum absolute atomic E-state index is 11.1. The van der Waals surface area contributed by atoms with Crippen LogP contribution in [0.4, 0.5) is 0 Å². The van der Waals surface area contributed by atoms with Gasteiger partial charge in [-0.2, -0.15) is 0 Å². The highest BCUT2D eigenvalue weighted by Gasteiger charge is 2.01. The van der Waals surface area contributed by atoms with Gasteiger partial charge in [-0.15, -0.1) is 6.58 Å². The van der Waals surface area contributed by atoms with Gasteiger partial charge in [-0.25, -0.2) is 0 Å². The molecule has 0 saturated heterocycles. The largest absolute Gasteiger partial charge is 0.504 e. The summed E-state index contributed by atoms with van der Waals surface area (Å²) in [6.45, 7) is 3.96. The topological polar surface area (TPSA) is 69.6 Å². The molecule has 0 spiro atoms. The van der Waals surface area contributed by atoms with E-state index in [0.29, 0.717) is 19.4 Å². The number of carbonyl (C=O) groups is 1. The van der Waals surface area contributed by atoms with E-state index in [1.54, 1.807) is 12.1 Å². The minimum absolute atomic E-state index is 0.0713. The Hall–Kier alpha value is -1.97. The molecule has 3 N–H and O–H groups in total. The molecule has 1 amide bonds. The Kier molecular flexibility index (Phi) is 4.39. The standard InChI is InChI=1S/C12H15NO3/c1-2-3-12(16)13-7-6-9-4-5-10(14)11(15)8-9/h2,4-5,8,14-15H,1,3,6-7H2,(H,13,16). The maximum atomic E-state index is 11.1. The van der Waals surface area contributed by atoms with Gasteiger partial charge in [-0.3, -0.25) is 4.79 Å². The average Bonchev–Trinajstić information content (AvgIpc) is 2.24. The predicted molar refractivity (Wildman–Crippen MR) is 61.3 cm³/mol. The molecule has 0 unspecified atom stereocenters. The Labute approximate surface area is 94.2 Å². The zero-order valence-electron chi connectivity index (χ0n) is 8.94. The summed E-state index contributed by atoms with van der Waals surface area (Å²) in [5.41, 5.74) is 0.856. The number of rotatable bonds is 5. The molecule has 0 radical (unpaired) electrons. The fourth-order valence-corrected chi connectivity index (χ4v) is 1.27. The Morgan fingerprint density at radius 1 is 1.38 bits per heavy atom. The number of nitrogens with one attached hydrogen (secondary N) is 1. The first-order chi connectivity index (χ1) is 7.63. The molecule has 16 heavy (non-hydrogen) atoms. The lowest BCUT2D eigenvalue weighted by Gasteiger charge is -2.05. The number of phenols is 2. The zero-order chi connectivity index (χ0) is 12.0. The summed E-state index contributed by atoms with van der Waals surface area (Å²) in [5, 5.41) is 21.1. The van der Waals surface area contributed by atoms with E-state index in [1.165, 1.54) is 12.1 Å². The highest BCUT2D eigenvalue weighted by atomic mass is 16.3. The van der Waals surface area contributed by atoms with Crippen molar-refractivity contribution in [1.29, 1.82) is 0 Å². The molecule has 0 bridgehead atoms. The fraction of sp³-hybridized carbons (Fsp3) is 0.250. The lowest BCUT2D eigenvalue weighted by molar-refractivity contribution is -0.120. The summed E-state index contributed by atoms with van der Waals surface area (Å²) in [4.78, 5) is 11.1. The van der Waals surface area contributed by atoms with Gasteiger partial charge in [0.1, 0.15) is 0 Å². The third kappa shape index (κ3) is 3.65. The number of aromatic hydroxyl groups is 2. The highest BCUT2D eigenvalue weighted by molar-refractivity contribution is 5.77. The molecule has 0 aliphatic carbocycles. The molecule has 1 rings (SSSR count). The summed E-state index contributed by atoms with van der Waals surface area (Å²) in [6, 6.07) is 4.61. The second-order valence-electron chi connectivity index (χ2n) is 3.42. The molecule has 4 heteroatoms. The van der Waals surface area contributed by atoms with E-state index in [0.717, 1.165) is 5.56 Å². The summed E-state index contributed by atoms with van der Waals surface area (Å²) in [5.74, 6) is -0.354. The van der Waals surface area contributed by atoms with E-state index in [2.05, 4.69) is 11.9 Å². The zero-order valence-corrected chi connectivity index (χ0v) is 8.94. The molecule has 0 aliphatic heterocycles. The first-order valence-electron chi connectivity index (χ1n) is 5.02. The third-order valence-corrected chi connectivity index (χ3v) is 2.11. The molecule has 0 atom stereocenters. The van der Waals surface area contributed by atoms with Gasteiger partial charge < -0.3 is 15.5 Å². The van der Waals surface area contributed by atoms with Crippen molar-refractivity contribution < 1.29 is 15.0 Å². The number of hydrogen-bond acceptors (Lipinski definition) is 3. The van der Waals surface area contributed by atoms with Gasteiger partial charge in [0, 0.05) is 13.0 Å². The van der Waals surface area contributed by atoms with E-state index < -0.39 is 0 Å². The number of carbonyl (C=O) groups excluding carboxylic acids is 1. The van der Waals surface area contributed by atoms with Crippen LogP contribution in [0.15, 0.2) is 30.9 Å². The van der Waals surface area contributed by atoms with Crippen molar-refractivity contribution >= 4 is 5.91 Å². The fourth-order valence-electron chi connectivity index (χ4n) is 1.27. The molecule has 4 nitrogen and oxygen atoms in total. The molecule has 0 heterocycles. The summed E-state index contributed by atoms with van der Waals surface area (Å²) in [6.07, 6.45) is 2.46.